The Hall–Kier alpha value is -3.59. The molecule has 9 heteroatoms. The number of halogens is 3. The van der Waals surface area contributed by atoms with E-state index in [-0.39, 0.29) is 17.4 Å². The molecule has 3 aromatic rings. The highest BCUT2D eigenvalue weighted by atomic mass is 19.4. The van der Waals surface area contributed by atoms with Gasteiger partial charge in [0.1, 0.15) is 5.82 Å². The van der Waals surface area contributed by atoms with Crippen molar-refractivity contribution in [3.63, 3.8) is 0 Å². The maximum atomic E-state index is 14.0. The lowest BCUT2D eigenvalue weighted by atomic mass is 9.93. The van der Waals surface area contributed by atoms with Gasteiger partial charge in [-0.1, -0.05) is 18.2 Å². The highest BCUT2D eigenvalue weighted by Gasteiger charge is 2.35. The van der Waals surface area contributed by atoms with E-state index in [1.165, 1.54) is 18.3 Å². The number of rotatable bonds is 3. The second-order valence-electron chi connectivity index (χ2n) is 8.36. The number of aromatic nitrogens is 1. The summed E-state index contributed by atoms with van der Waals surface area (Å²) in [5, 5.41) is 2.81. The van der Waals surface area contributed by atoms with Crippen LogP contribution >= 0.6 is 0 Å². The highest BCUT2D eigenvalue weighted by Crippen LogP contribution is 2.40. The van der Waals surface area contributed by atoms with Gasteiger partial charge in [-0.15, -0.1) is 0 Å². The van der Waals surface area contributed by atoms with Gasteiger partial charge >= 0.3 is 6.18 Å². The van der Waals surface area contributed by atoms with Crippen LogP contribution in [0.2, 0.25) is 0 Å². The first-order chi connectivity index (χ1) is 16.3. The molecule has 34 heavy (non-hydrogen) atoms. The number of nitrogens with one attached hydrogen (secondary N) is 1. The third-order valence-corrected chi connectivity index (χ3v) is 6.25. The number of carbonyl (C=O) groups is 1. The predicted molar refractivity (Wildman–Crippen MR) is 124 cm³/mol. The van der Waals surface area contributed by atoms with E-state index in [9.17, 15) is 18.0 Å². The molecule has 176 valence electrons. The lowest BCUT2D eigenvalue weighted by Crippen LogP contribution is -2.37. The van der Waals surface area contributed by atoms with Crippen LogP contribution in [0.15, 0.2) is 48.7 Å². The summed E-state index contributed by atoms with van der Waals surface area (Å²) in [4.78, 5) is 18.0. The fourth-order valence-electron chi connectivity index (χ4n) is 4.48. The molecule has 3 N–H and O–H groups in total. The number of morpholine rings is 1. The number of hydrogen-bond donors (Lipinski definition) is 2. The van der Waals surface area contributed by atoms with Gasteiger partial charge in [-0.2, -0.15) is 13.2 Å². The zero-order valence-electron chi connectivity index (χ0n) is 18.3. The summed E-state index contributed by atoms with van der Waals surface area (Å²) >= 11 is 0. The molecule has 0 radical (unpaired) electrons. The molecule has 0 aliphatic carbocycles. The number of carbonyl (C=O) groups excluding carboxylic acids is 1. The van der Waals surface area contributed by atoms with E-state index in [0.717, 1.165) is 11.1 Å². The summed E-state index contributed by atoms with van der Waals surface area (Å²) in [5.41, 5.74) is 9.41. The maximum absolute atomic E-state index is 14.0. The van der Waals surface area contributed by atoms with Gasteiger partial charge < -0.3 is 20.7 Å². The molecule has 5 rings (SSSR count). The van der Waals surface area contributed by atoms with Crippen molar-refractivity contribution < 1.29 is 22.7 Å². The monoisotopic (exact) mass is 468 g/mol. The van der Waals surface area contributed by atoms with E-state index in [0.29, 0.717) is 61.5 Å². The van der Waals surface area contributed by atoms with E-state index in [1.54, 1.807) is 29.2 Å². The molecule has 1 amide bonds. The molecular formula is C25H23F3N4O2. The molecule has 1 aromatic heterocycles. The molecule has 3 heterocycles. The first kappa shape index (κ1) is 22.2. The second-order valence-corrected chi connectivity index (χ2v) is 8.36. The molecular weight excluding hydrogens is 445 g/mol. The molecule has 0 atom stereocenters. The Balaban J connectivity index is 1.55. The average molecular weight is 468 g/mol. The minimum absolute atomic E-state index is 0.118. The summed E-state index contributed by atoms with van der Waals surface area (Å²) < 4.78 is 47.2. The summed E-state index contributed by atoms with van der Waals surface area (Å²) in [7, 11) is 0. The smallest absolute Gasteiger partial charge is 0.383 e. The van der Waals surface area contributed by atoms with Crippen molar-refractivity contribution in [2.45, 2.75) is 12.6 Å². The van der Waals surface area contributed by atoms with Gasteiger partial charge in [-0.25, -0.2) is 4.98 Å². The van der Waals surface area contributed by atoms with Crippen LogP contribution in [-0.2, 0) is 17.3 Å². The number of alkyl halides is 3. The van der Waals surface area contributed by atoms with Crippen LogP contribution in [0, 0.1) is 0 Å². The second kappa shape index (κ2) is 8.64. The summed E-state index contributed by atoms with van der Waals surface area (Å²) in [6.45, 7) is 2.16. The zero-order valence-corrected chi connectivity index (χ0v) is 18.3. The standard InChI is InChI=1S/C25H23F3N4O2/c26-25(27,28)21-13-15(2-4-22(21)32-7-9-34-10-8-32)18-12-20(23(29)31-14-18)16-1-3-19-17(11-16)5-6-30-24(19)33/h1-4,11-14H,5-10H2,(H2,29,31)(H,30,33). The van der Waals surface area contributed by atoms with Crippen LogP contribution in [0.4, 0.5) is 24.7 Å². The summed E-state index contributed by atoms with van der Waals surface area (Å²) in [5.74, 6) is 0.151. The number of amides is 1. The third-order valence-electron chi connectivity index (χ3n) is 6.25. The van der Waals surface area contributed by atoms with Gasteiger partial charge in [0, 0.05) is 48.2 Å². The van der Waals surface area contributed by atoms with E-state index >= 15 is 0 Å². The quantitative estimate of drug-likeness (QED) is 0.604. The molecule has 0 saturated carbocycles. The molecule has 0 spiro atoms. The lowest BCUT2D eigenvalue weighted by Gasteiger charge is -2.31. The van der Waals surface area contributed by atoms with Crippen LogP contribution < -0.4 is 16.0 Å². The zero-order chi connectivity index (χ0) is 23.9. The van der Waals surface area contributed by atoms with Crippen molar-refractivity contribution in [2.75, 3.05) is 43.5 Å². The van der Waals surface area contributed by atoms with Gasteiger partial charge in [0.25, 0.3) is 5.91 Å². The van der Waals surface area contributed by atoms with Crippen molar-refractivity contribution in [1.82, 2.24) is 10.3 Å². The Morgan fingerprint density at radius 3 is 2.50 bits per heavy atom. The Bertz CT molecular complexity index is 1250. The number of nitrogens with zero attached hydrogens (tertiary/aromatic N) is 2. The van der Waals surface area contributed by atoms with Gasteiger partial charge in [-0.05, 0) is 47.4 Å². The number of benzene rings is 2. The Morgan fingerprint density at radius 1 is 0.971 bits per heavy atom. The highest BCUT2D eigenvalue weighted by molar-refractivity contribution is 5.97. The van der Waals surface area contributed by atoms with Gasteiger partial charge in [-0.3, -0.25) is 4.79 Å². The number of fused-ring (bicyclic) bond motifs is 1. The van der Waals surface area contributed by atoms with Crippen LogP contribution in [0.25, 0.3) is 22.3 Å². The number of ether oxygens (including phenoxy) is 1. The Morgan fingerprint density at radius 2 is 1.74 bits per heavy atom. The van der Waals surface area contributed by atoms with Crippen LogP contribution in [0.1, 0.15) is 21.5 Å². The number of nitrogen functional groups attached to an aromatic ring is 1. The van der Waals surface area contributed by atoms with Gasteiger partial charge in [0.05, 0.1) is 18.8 Å². The molecule has 0 bridgehead atoms. The van der Waals surface area contributed by atoms with E-state index in [4.69, 9.17) is 10.5 Å². The van der Waals surface area contributed by atoms with Crippen molar-refractivity contribution >= 4 is 17.4 Å². The number of nitrogens with two attached hydrogens (primary N) is 1. The van der Waals surface area contributed by atoms with Crippen molar-refractivity contribution in [1.29, 1.82) is 0 Å². The molecule has 2 aliphatic heterocycles. The molecule has 0 unspecified atom stereocenters. The Kier molecular flexibility index (Phi) is 5.65. The van der Waals surface area contributed by atoms with Crippen molar-refractivity contribution in [3.8, 4) is 22.3 Å². The summed E-state index contributed by atoms with van der Waals surface area (Å²) in [6.07, 6.45) is -2.33. The average Bonchev–Trinajstić information content (AvgIpc) is 2.84. The first-order valence-corrected chi connectivity index (χ1v) is 11.0. The largest absolute Gasteiger partial charge is 0.418 e. The predicted octanol–water partition coefficient (Wildman–Crippen LogP) is 4.14. The third kappa shape index (κ3) is 4.19. The van der Waals surface area contributed by atoms with Crippen molar-refractivity contribution in [3.05, 3.63) is 65.4 Å². The summed E-state index contributed by atoms with van der Waals surface area (Å²) in [6, 6.07) is 11.5. The molecule has 2 aromatic carbocycles. The molecule has 2 aliphatic rings. The topological polar surface area (TPSA) is 80.5 Å². The van der Waals surface area contributed by atoms with E-state index < -0.39 is 11.7 Å². The van der Waals surface area contributed by atoms with E-state index in [1.807, 2.05) is 6.07 Å². The van der Waals surface area contributed by atoms with Crippen molar-refractivity contribution in [2.24, 2.45) is 0 Å². The normalized spacial score (nSPS) is 16.2. The van der Waals surface area contributed by atoms with Crippen LogP contribution in [-0.4, -0.2) is 43.7 Å². The fraction of sp³-hybridized carbons (Fsp3) is 0.280. The van der Waals surface area contributed by atoms with Crippen LogP contribution in [0.3, 0.4) is 0 Å². The fourth-order valence-corrected chi connectivity index (χ4v) is 4.48. The maximum Gasteiger partial charge on any atom is 0.418 e. The first-order valence-electron chi connectivity index (χ1n) is 11.0. The minimum atomic E-state index is -4.51. The number of anilines is 2. The molecule has 1 saturated heterocycles. The van der Waals surface area contributed by atoms with E-state index in [2.05, 4.69) is 10.3 Å². The molecule has 1 fully saturated rings. The van der Waals surface area contributed by atoms with Gasteiger partial charge in [0.2, 0.25) is 0 Å². The minimum Gasteiger partial charge on any atom is -0.383 e. The SMILES string of the molecule is Nc1ncc(-c2ccc(N3CCOCC3)c(C(F)(F)F)c2)cc1-c1ccc2c(c1)CCNC2=O. The number of hydrogen-bond acceptors (Lipinski definition) is 5. The van der Waals surface area contributed by atoms with Crippen LogP contribution in [0.5, 0.6) is 0 Å². The molecule has 6 nitrogen and oxygen atoms in total. The Labute approximate surface area is 194 Å². The van der Waals surface area contributed by atoms with Gasteiger partial charge in [0.15, 0.2) is 0 Å². The number of pyridine rings is 1. The lowest BCUT2D eigenvalue weighted by molar-refractivity contribution is -0.137.